The van der Waals surface area contributed by atoms with Gasteiger partial charge in [0.2, 0.25) is 5.91 Å². The maximum Gasteiger partial charge on any atom is 0.231 e. The SMILES string of the molecule is NC(=O)CNCc1ccccc1-c1cccc(F)c1. The Morgan fingerprint density at radius 3 is 2.68 bits per heavy atom. The van der Waals surface area contributed by atoms with Gasteiger partial charge >= 0.3 is 0 Å². The van der Waals surface area contributed by atoms with E-state index in [1.54, 1.807) is 6.07 Å². The molecule has 0 bridgehead atoms. The number of nitrogens with one attached hydrogen (secondary N) is 1. The van der Waals surface area contributed by atoms with Gasteiger partial charge in [0, 0.05) is 6.54 Å². The molecule has 0 saturated carbocycles. The highest BCUT2D eigenvalue weighted by molar-refractivity contribution is 5.76. The Balaban J connectivity index is 2.23. The molecule has 2 aromatic rings. The van der Waals surface area contributed by atoms with E-state index in [4.69, 9.17) is 5.73 Å². The van der Waals surface area contributed by atoms with E-state index in [0.29, 0.717) is 6.54 Å². The Labute approximate surface area is 111 Å². The zero-order chi connectivity index (χ0) is 13.7. The third kappa shape index (κ3) is 3.63. The number of primary amides is 1. The van der Waals surface area contributed by atoms with E-state index in [1.807, 2.05) is 30.3 Å². The molecule has 0 radical (unpaired) electrons. The maximum atomic E-state index is 13.3. The van der Waals surface area contributed by atoms with Gasteiger partial charge in [0.05, 0.1) is 6.54 Å². The molecule has 4 heteroatoms. The third-order valence-electron chi connectivity index (χ3n) is 2.77. The third-order valence-corrected chi connectivity index (χ3v) is 2.77. The van der Waals surface area contributed by atoms with Crippen molar-refractivity contribution in [3.8, 4) is 11.1 Å². The lowest BCUT2D eigenvalue weighted by Gasteiger charge is -2.10. The van der Waals surface area contributed by atoms with Crippen molar-refractivity contribution < 1.29 is 9.18 Å². The highest BCUT2D eigenvalue weighted by Gasteiger charge is 2.05. The lowest BCUT2D eigenvalue weighted by molar-refractivity contribution is -0.117. The van der Waals surface area contributed by atoms with Crippen LogP contribution in [0.15, 0.2) is 48.5 Å². The first-order valence-corrected chi connectivity index (χ1v) is 5.99. The first kappa shape index (κ1) is 13.2. The van der Waals surface area contributed by atoms with Crippen LogP contribution < -0.4 is 11.1 Å². The van der Waals surface area contributed by atoms with Gasteiger partial charge < -0.3 is 11.1 Å². The number of carbonyl (C=O) groups excluding carboxylic acids is 1. The standard InChI is InChI=1S/C15H15FN2O/c16-13-6-3-5-11(8-13)14-7-2-1-4-12(14)9-18-10-15(17)19/h1-8,18H,9-10H2,(H2,17,19). The molecule has 0 spiro atoms. The second kappa shape index (κ2) is 6.11. The van der Waals surface area contributed by atoms with E-state index >= 15 is 0 Å². The molecule has 0 atom stereocenters. The zero-order valence-corrected chi connectivity index (χ0v) is 10.4. The normalized spacial score (nSPS) is 10.4. The summed E-state index contributed by atoms with van der Waals surface area (Å²) >= 11 is 0. The smallest absolute Gasteiger partial charge is 0.231 e. The molecular weight excluding hydrogens is 243 g/mol. The fourth-order valence-electron chi connectivity index (χ4n) is 1.93. The molecule has 0 heterocycles. The predicted molar refractivity (Wildman–Crippen MR) is 72.7 cm³/mol. The van der Waals surface area contributed by atoms with Gasteiger partial charge in [-0.1, -0.05) is 36.4 Å². The number of amides is 1. The van der Waals surface area contributed by atoms with Gasteiger partial charge in [0.1, 0.15) is 5.82 Å². The van der Waals surface area contributed by atoms with Crippen LogP contribution in [-0.4, -0.2) is 12.5 Å². The molecule has 0 aliphatic carbocycles. The Morgan fingerprint density at radius 1 is 1.16 bits per heavy atom. The fourth-order valence-corrected chi connectivity index (χ4v) is 1.93. The lowest BCUT2D eigenvalue weighted by Crippen LogP contribution is -2.28. The minimum Gasteiger partial charge on any atom is -0.369 e. The topological polar surface area (TPSA) is 55.1 Å². The summed E-state index contributed by atoms with van der Waals surface area (Å²) in [4.78, 5) is 10.7. The number of hydrogen-bond donors (Lipinski definition) is 2. The summed E-state index contributed by atoms with van der Waals surface area (Å²) in [6.07, 6.45) is 0. The molecule has 19 heavy (non-hydrogen) atoms. The molecule has 0 aromatic heterocycles. The van der Waals surface area contributed by atoms with E-state index < -0.39 is 5.91 Å². The quantitative estimate of drug-likeness (QED) is 0.862. The van der Waals surface area contributed by atoms with Gasteiger partial charge in [-0.25, -0.2) is 4.39 Å². The van der Waals surface area contributed by atoms with Crippen LogP contribution in [0.25, 0.3) is 11.1 Å². The van der Waals surface area contributed by atoms with Crippen molar-refractivity contribution in [3.05, 3.63) is 59.9 Å². The second-order valence-corrected chi connectivity index (χ2v) is 4.24. The van der Waals surface area contributed by atoms with Gasteiger partial charge in [-0.2, -0.15) is 0 Å². The highest BCUT2D eigenvalue weighted by Crippen LogP contribution is 2.24. The minimum atomic E-state index is -0.400. The van der Waals surface area contributed by atoms with Crippen molar-refractivity contribution in [2.45, 2.75) is 6.54 Å². The average Bonchev–Trinajstić information content (AvgIpc) is 2.39. The van der Waals surface area contributed by atoms with Crippen LogP contribution in [-0.2, 0) is 11.3 Å². The van der Waals surface area contributed by atoms with Gasteiger partial charge in [-0.15, -0.1) is 0 Å². The summed E-state index contributed by atoms with van der Waals surface area (Å²) in [6.45, 7) is 0.632. The molecule has 3 nitrogen and oxygen atoms in total. The predicted octanol–water partition coefficient (Wildman–Crippen LogP) is 2.07. The first-order valence-electron chi connectivity index (χ1n) is 5.99. The number of carbonyl (C=O) groups is 1. The van der Waals surface area contributed by atoms with Crippen molar-refractivity contribution in [3.63, 3.8) is 0 Å². The van der Waals surface area contributed by atoms with Gasteiger partial charge in [-0.3, -0.25) is 4.79 Å². The molecule has 0 aliphatic heterocycles. The van der Waals surface area contributed by atoms with Crippen LogP contribution >= 0.6 is 0 Å². The average molecular weight is 258 g/mol. The number of benzene rings is 2. The van der Waals surface area contributed by atoms with Crippen molar-refractivity contribution >= 4 is 5.91 Å². The molecular formula is C15H15FN2O. The van der Waals surface area contributed by atoms with Crippen LogP contribution in [0, 0.1) is 5.82 Å². The van der Waals surface area contributed by atoms with Gasteiger partial charge in [-0.05, 0) is 28.8 Å². The lowest BCUT2D eigenvalue weighted by atomic mass is 9.99. The van der Waals surface area contributed by atoms with Crippen LogP contribution in [0.5, 0.6) is 0 Å². The molecule has 2 rings (SSSR count). The Kier molecular flexibility index (Phi) is 4.26. The van der Waals surface area contributed by atoms with Crippen molar-refractivity contribution in [2.24, 2.45) is 5.73 Å². The molecule has 0 aliphatic rings. The van der Waals surface area contributed by atoms with Gasteiger partial charge in [0.25, 0.3) is 0 Å². The maximum absolute atomic E-state index is 13.3. The highest BCUT2D eigenvalue weighted by atomic mass is 19.1. The summed E-state index contributed by atoms with van der Waals surface area (Å²) in [6, 6.07) is 14.1. The molecule has 2 aromatic carbocycles. The van der Waals surface area contributed by atoms with Crippen LogP contribution in [0.3, 0.4) is 0 Å². The summed E-state index contributed by atoms with van der Waals surface area (Å²) in [7, 11) is 0. The van der Waals surface area contributed by atoms with E-state index in [0.717, 1.165) is 16.7 Å². The summed E-state index contributed by atoms with van der Waals surface area (Å²) < 4.78 is 13.3. The zero-order valence-electron chi connectivity index (χ0n) is 10.4. The van der Waals surface area contributed by atoms with E-state index in [9.17, 15) is 9.18 Å². The van der Waals surface area contributed by atoms with Crippen LogP contribution in [0.1, 0.15) is 5.56 Å². The second-order valence-electron chi connectivity index (χ2n) is 4.24. The van der Waals surface area contributed by atoms with Crippen molar-refractivity contribution in [1.82, 2.24) is 5.32 Å². The molecule has 0 fully saturated rings. The Hall–Kier alpha value is -2.20. The number of hydrogen-bond acceptors (Lipinski definition) is 2. The van der Waals surface area contributed by atoms with E-state index in [-0.39, 0.29) is 12.4 Å². The largest absolute Gasteiger partial charge is 0.369 e. The Morgan fingerprint density at radius 2 is 1.95 bits per heavy atom. The van der Waals surface area contributed by atoms with E-state index in [2.05, 4.69) is 5.32 Å². The molecule has 0 unspecified atom stereocenters. The van der Waals surface area contributed by atoms with E-state index in [1.165, 1.54) is 12.1 Å². The molecule has 3 N–H and O–H groups in total. The molecule has 1 amide bonds. The summed E-state index contributed by atoms with van der Waals surface area (Å²) in [5.41, 5.74) is 7.83. The monoisotopic (exact) mass is 258 g/mol. The van der Waals surface area contributed by atoms with Crippen LogP contribution in [0.4, 0.5) is 4.39 Å². The van der Waals surface area contributed by atoms with Crippen LogP contribution in [0.2, 0.25) is 0 Å². The summed E-state index contributed by atoms with van der Waals surface area (Å²) in [5.74, 6) is -0.666. The van der Waals surface area contributed by atoms with Crippen molar-refractivity contribution in [1.29, 1.82) is 0 Å². The minimum absolute atomic E-state index is 0.123. The van der Waals surface area contributed by atoms with Crippen molar-refractivity contribution in [2.75, 3.05) is 6.54 Å². The molecule has 98 valence electrons. The van der Waals surface area contributed by atoms with Gasteiger partial charge in [0.15, 0.2) is 0 Å². The number of rotatable bonds is 5. The fraction of sp³-hybridized carbons (Fsp3) is 0.133. The molecule has 0 saturated heterocycles. The Bertz CT molecular complexity index is 584. The number of halogens is 1. The number of nitrogens with two attached hydrogens (primary N) is 1. The first-order chi connectivity index (χ1) is 9.16. The summed E-state index contributed by atoms with van der Waals surface area (Å²) in [5, 5.41) is 2.96.